The van der Waals surface area contributed by atoms with Crippen molar-refractivity contribution in [2.45, 2.75) is 6.10 Å². The zero-order valence-corrected chi connectivity index (χ0v) is 10.2. The highest BCUT2D eigenvalue weighted by Crippen LogP contribution is 2.28. The van der Waals surface area contributed by atoms with Gasteiger partial charge in [-0.3, -0.25) is 0 Å². The Balaban J connectivity index is 2.43. The molecule has 88 valence electrons. The predicted octanol–water partition coefficient (Wildman–Crippen LogP) is 4.21. The van der Waals surface area contributed by atoms with E-state index in [1.165, 1.54) is 12.1 Å². The van der Waals surface area contributed by atoms with Crippen LogP contribution in [0.3, 0.4) is 0 Å². The van der Waals surface area contributed by atoms with Crippen LogP contribution in [0.25, 0.3) is 0 Å². The average Bonchev–Trinajstić information content (AvgIpc) is 2.27. The molecule has 0 radical (unpaired) electrons. The van der Waals surface area contributed by atoms with Gasteiger partial charge in [-0.1, -0.05) is 41.4 Å². The molecule has 2 aromatic carbocycles. The zero-order valence-electron chi connectivity index (χ0n) is 8.70. The summed E-state index contributed by atoms with van der Waals surface area (Å²) in [6, 6.07) is 10.7. The normalized spacial score (nSPS) is 12.5. The molecule has 2 aromatic rings. The van der Waals surface area contributed by atoms with Gasteiger partial charge < -0.3 is 5.11 Å². The van der Waals surface area contributed by atoms with E-state index in [-0.39, 0.29) is 5.56 Å². The van der Waals surface area contributed by atoms with Crippen LogP contribution in [-0.2, 0) is 0 Å². The molecule has 0 spiro atoms. The van der Waals surface area contributed by atoms with Crippen molar-refractivity contribution in [2.24, 2.45) is 0 Å². The van der Waals surface area contributed by atoms with Gasteiger partial charge in [0, 0.05) is 15.6 Å². The van der Waals surface area contributed by atoms with Gasteiger partial charge in [-0.05, 0) is 29.8 Å². The fourth-order valence-corrected chi connectivity index (χ4v) is 2.15. The zero-order chi connectivity index (χ0) is 12.4. The quantitative estimate of drug-likeness (QED) is 0.867. The molecule has 2 rings (SSSR count). The van der Waals surface area contributed by atoms with E-state index in [1.54, 1.807) is 30.3 Å². The lowest BCUT2D eigenvalue weighted by molar-refractivity contribution is 0.215. The van der Waals surface area contributed by atoms with Crippen molar-refractivity contribution in [1.29, 1.82) is 0 Å². The summed E-state index contributed by atoms with van der Waals surface area (Å²) in [7, 11) is 0. The fourth-order valence-electron chi connectivity index (χ4n) is 1.61. The topological polar surface area (TPSA) is 20.2 Å². The van der Waals surface area contributed by atoms with Gasteiger partial charge >= 0.3 is 0 Å². The van der Waals surface area contributed by atoms with Gasteiger partial charge in [0.2, 0.25) is 0 Å². The van der Waals surface area contributed by atoms with Crippen LogP contribution in [0.2, 0.25) is 10.0 Å². The molecule has 17 heavy (non-hydrogen) atoms. The van der Waals surface area contributed by atoms with Crippen LogP contribution >= 0.6 is 23.2 Å². The third kappa shape index (κ3) is 2.78. The molecule has 0 aliphatic heterocycles. The van der Waals surface area contributed by atoms with Gasteiger partial charge in [0.15, 0.2) is 0 Å². The number of aliphatic hydroxyl groups excluding tert-OH is 1. The Labute approximate surface area is 108 Å². The van der Waals surface area contributed by atoms with E-state index < -0.39 is 11.9 Å². The molecule has 0 aliphatic rings. The van der Waals surface area contributed by atoms with Crippen molar-refractivity contribution >= 4 is 23.2 Å². The Hall–Kier alpha value is -1.09. The second kappa shape index (κ2) is 5.05. The van der Waals surface area contributed by atoms with Crippen molar-refractivity contribution in [3.8, 4) is 0 Å². The molecular formula is C13H9Cl2FO. The Morgan fingerprint density at radius 2 is 1.59 bits per heavy atom. The van der Waals surface area contributed by atoms with Crippen LogP contribution in [0.15, 0.2) is 42.5 Å². The number of aliphatic hydroxyl groups is 1. The molecule has 0 heterocycles. The van der Waals surface area contributed by atoms with Crippen LogP contribution in [0, 0.1) is 5.82 Å². The first kappa shape index (κ1) is 12.4. The minimum Gasteiger partial charge on any atom is -0.384 e. The van der Waals surface area contributed by atoms with Gasteiger partial charge in [0.1, 0.15) is 11.9 Å². The van der Waals surface area contributed by atoms with E-state index in [0.717, 1.165) is 0 Å². The SMILES string of the molecule is OC(c1cc(Cl)cc(Cl)c1)c1ccccc1F. The summed E-state index contributed by atoms with van der Waals surface area (Å²) in [5.74, 6) is -0.462. The van der Waals surface area contributed by atoms with Gasteiger partial charge in [-0.25, -0.2) is 4.39 Å². The highest BCUT2D eigenvalue weighted by molar-refractivity contribution is 6.34. The highest BCUT2D eigenvalue weighted by Gasteiger charge is 2.15. The number of hydrogen-bond donors (Lipinski definition) is 1. The monoisotopic (exact) mass is 270 g/mol. The van der Waals surface area contributed by atoms with E-state index >= 15 is 0 Å². The summed E-state index contributed by atoms with van der Waals surface area (Å²) in [4.78, 5) is 0. The van der Waals surface area contributed by atoms with Gasteiger partial charge in [-0.15, -0.1) is 0 Å². The first-order valence-corrected chi connectivity index (χ1v) is 5.72. The first-order valence-electron chi connectivity index (χ1n) is 4.96. The maximum atomic E-state index is 13.5. The van der Waals surface area contributed by atoms with Crippen LogP contribution < -0.4 is 0 Å². The summed E-state index contributed by atoms with van der Waals surface area (Å²) in [5.41, 5.74) is 0.665. The summed E-state index contributed by atoms with van der Waals surface area (Å²) < 4.78 is 13.5. The Kier molecular flexibility index (Phi) is 3.67. The van der Waals surface area contributed by atoms with Gasteiger partial charge in [0.25, 0.3) is 0 Å². The minimum absolute atomic E-state index is 0.200. The van der Waals surface area contributed by atoms with Gasteiger partial charge in [-0.2, -0.15) is 0 Å². The van der Waals surface area contributed by atoms with Crippen LogP contribution in [0.5, 0.6) is 0 Å². The number of hydrogen-bond acceptors (Lipinski definition) is 1. The number of halogens is 3. The molecule has 4 heteroatoms. The van der Waals surface area contributed by atoms with Crippen molar-refractivity contribution in [3.05, 3.63) is 69.5 Å². The van der Waals surface area contributed by atoms with Crippen molar-refractivity contribution in [3.63, 3.8) is 0 Å². The molecule has 1 atom stereocenters. The largest absolute Gasteiger partial charge is 0.384 e. The lowest BCUT2D eigenvalue weighted by atomic mass is 10.0. The highest BCUT2D eigenvalue weighted by atomic mass is 35.5. The van der Waals surface area contributed by atoms with E-state index in [1.807, 2.05) is 0 Å². The molecule has 1 N–H and O–H groups in total. The van der Waals surface area contributed by atoms with Crippen molar-refractivity contribution < 1.29 is 9.50 Å². The molecule has 1 unspecified atom stereocenters. The summed E-state index contributed by atoms with van der Waals surface area (Å²) in [6.45, 7) is 0. The van der Waals surface area contributed by atoms with E-state index in [2.05, 4.69) is 0 Å². The molecule has 1 nitrogen and oxygen atoms in total. The molecule has 0 aliphatic carbocycles. The summed E-state index contributed by atoms with van der Waals surface area (Å²) in [5, 5.41) is 10.9. The first-order chi connectivity index (χ1) is 8.08. The molecule has 0 fully saturated rings. The van der Waals surface area contributed by atoms with Crippen molar-refractivity contribution in [2.75, 3.05) is 0 Å². The molecule has 0 saturated heterocycles. The predicted molar refractivity (Wildman–Crippen MR) is 66.9 cm³/mol. The lowest BCUT2D eigenvalue weighted by Gasteiger charge is -2.13. The molecular weight excluding hydrogens is 262 g/mol. The molecule has 0 bridgehead atoms. The lowest BCUT2D eigenvalue weighted by Crippen LogP contribution is -2.02. The average molecular weight is 271 g/mol. The van der Waals surface area contributed by atoms with Crippen molar-refractivity contribution in [1.82, 2.24) is 0 Å². The van der Waals surface area contributed by atoms with Crippen LogP contribution in [0.4, 0.5) is 4.39 Å². The third-order valence-corrected chi connectivity index (χ3v) is 2.84. The summed E-state index contributed by atoms with van der Waals surface area (Å²) in [6.07, 6.45) is -1.08. The molecule has 0 amide bonds. The van der Waals surface area contributed by atoms with Crippen LogP contribution in [-0.4, -0.2) is 5.11 Å². The Morgan fingerprint density at radius 1 is 1.00 bits per heavy atom. The molecule has 0 saturated carbocycles. The van der Waals surface area contributed by atoms with Crippen LogP contribution in [0.1, 0.15) is 17.2 Å². The van der Waals surface area contributed by atoms with E-state index in [9.17, 15) is 9.50 Å². The van der Waals surface area contributed by atoms with Gasteiger partial charge in [0.05, 0.1) is 0 Å². The minimum atomic E-state index is -1.08. The number of benzene rings is 2. The second-order valence-electron chi connectivity index (χ2n) is 3.63. The Morgan fingerprint density at radius 3 is 2.18 bits per heavy atom. The van der Waals surface area contributed by atoms with E-state index in [0.29, 0.717) is 15.6 Å². The second-order valence-corrected chi connectivity index (χ2v) is 4.50. The third-order valence-electron chi connectivity index (χ3n) is 2.40. The van der Waals surface area contributed by atoms with E-state index in [4.69, 9.17) is 23.2 Å². The fraction of sp³-hybridized carbons (Fsp3) is 0.0769. The maximum Gasteiger partial charge on any atom is 0.129 e. The summed E-state index contributed by atoms with van der Waals surface area (Å²) >= 11 is 11.7. The standard InChI is InChI=1S/C13H9Cl2FO/c14-9-5-8(6-10(15)7-9)13(17)11-3-1-2-4-12(11)16/h1-7,13,17H. The molecule has 0 aromatic heterocycles. The Bertz CT molecular complexity index is 522. The maximum absolute atomic E-state index is 13.5. The smallest absolute Gasteiger partial charge is 0.129 e. The number of rotatable bonds is 2.